The van der Waals surface area contributed by atoms with Crippen LogP contribution < -0.4 is 10.5 Å². The van der Waals surface area contributed by atoms with Gasteiger partial charge in [-0.25, -0.2) is 0 Å². The lowest BCUT2D eigenvalue weighted by atomic mass is 9.98. The lowest BCUT2D eigenvalue weighted by Crippen LogP contribution is -2.33. The SMILES string of the molecule is CCCC[C@@H](O)[C@@H](N)c1ccc(OC(F)(F)C(F)F)cc1.Cl. The second kappa shape index (κ2) is 9.17. The van der Waals surface area contributed by atoms with Crippen molar-refractivity contribution in [3.05, 3.63) is 29.8 Å². The molecule has 3 nitrogen and oxygen atoms in total. The van der Waals surface area contributed by atoms with Crippen LogP contribution in [0, 0.1) is 0 Å². The smallest absolute Gasteiger partial charge is 0.428 e. The van der Waals surface area contributed by atoms with Crippen molar-refractivity contribution < 1.29 is 27.4 Å². The van der Waals surface area contributed by atoms with Crippen LogP contribution in [0.25, 0.3) is 0 Å². The van der Waals surface area contributed by atoms with Gasteiger partial charge < -0.3 is 15.6 Å². The van der Waals surface area contributed by atoms with Gasteiger partial charge in [0.15, 0.2) is 0 Å². The van der Waals surface area contributed by atoms with Crippen molar-refractivity contribution in [2.24, 2.45) is 5.73 Å². The van der Waals surface area contributed by atoms with Gasteiger partial charge in [0.2, 0.25) is 0 Å². The maximum Gasteiger partial charge on any atom is 0.461 e. The quantitative estimate of drug-likeness (QED) is 0.703. The van der Waals surface area contributed by atoms with Gasteiger partial charge in [0.25, 0.3) is 0 Å². The van der Waals surface area contributed by atoms with Crippen molar-refractivity contribution in [1.29, 1.82) is 0 Å². The van der Waals surface area contributed by atoms with E-state index in [2.05, 4.69) is 4.74 Å². The average molecular weight is 346 g/mol. The van der Waals surface area contributed by atoms with E-state index in [0.717, 1.165) is 25.0 Å². The lowest BCUT2D eigenvalue weighted by molar-refractivity contribution is -0.253. The molecule has 3 N–H and O–H groups in total. The minimum atomic E-state index is -4.54. The average Bonchev–Trinajstić information content (AvgIpc) is 2.44. The third-order valence-corrected chi connectivity index (χ3v) is 3.04. The van der Waals surface area contributed by atoms with E-state index in [1.807, 2.05) is 6.92 Å². The van der Waals surface area contributed by atoms with Crippen molar-refractivity contribution in [2.75, 3.05) is 0 Å². The highest BCUT2D eigenvalue weighted by molar-refractivity contribution is 5.85. The largest absolute Gasteiger partial charge is 0.461 e. The molecular weight excluding hydrogens is 326 g/mol. The molecule has 0 aromatic heterocycles. The Morgan fingerprint density at radius 1 is 1.23 bits per heavy atom. The number of hydrogen-bond donors (Lipinski definition) is 2. The zero-order valence-electron chi connectivity index (χ0n) is 12.0. The standard InChI is InChI=1S/C14H19F4NO2.ClH/c1-2-3-4-11(20)12(19)9-5-7-10(8-6-9)21-14(17,18)13(15)16;/h5-8,11-13,20H,2-4,19H2,1H3;1H/t11-,12+;/m1./s1. The van der Waals surface area contributed by atoms with Crippen LogP contribution in [0.2, 0.25) is 0 Å². The highest BCUT2D eigenvalue weighted by atomic mass is 35.5. The third-order valence-electron chi connectivity index (χ3n) is 3.04. The Labute approximate surface area is 132 Å². The fourth-order valence-electron chi connectivity index (χ4n) is 1.77. The molecule has 22 heavy (non-hydrogen) atoms. The van der Waals surface area contributed by atoms with Crippen molar-refractivity contribution in [3.63, 3.8) is 0 Å². The van der Waals surface area contributed by atoms with Gasteiger partial charge in [-0.05, 0) is 24.1 Å². The first-order valence-electron chi connectivity index (χ1n) is 6.66. The fourth-order valence-corrected chi connectivity index (χ4v) is 1.77. The zero-order chi connectivity index (χ0) is 16.0. The highest BCUT2D eigenvalue weighted by Gasteiger charge is 2.43. The summed E-state index contributed by atoms with van der Waals surface area (Å²) in [4.78, 5) is 0. The van der Waals surface area contributed by atoms with Gasteiger partial charge >= 0.3 is 12.5 Å². The molecule has 1 rings (SSSR count). The van der Waals surface area contributed by atoms with Crippen LogP contribution in [0.4, 0.5) is 17.6 Å². The third kappa shape index (κ3) is 5.98. The molecule has 8 heteroatoms. The number of hydrogen-bond acceptors (Lipinski definition) is 3. The Kier molecular flexibility index (Phi) is 8.73. The summed E-state index contributed by atoms with van der Waals surface area (Å²) in [7, 11) is 0. The molecule has 0 amide bonds. The van der Waals surface area contributed by atoms with Gasteiger partial charge in [0.05, 0.1) is 12.1 Å². The molecule has 0 radical (unpaired) electrons. The Balaban J connectivity index is 0.00000441. The van der Waals surface area contributed by atoms with E-state index >= 15 is 0 Å². The molecule has 0 aliphatic rings. The van der Waals surface area contributed by atoms with Crippen LogP contribution in [-0.4, -0.2) is 23.7 Å². The summed E-state index contributed by atoms with van der Waals surface area (Å²) in [6.45, 7) is 1.98. The van der Waals surface area contributed by atoms with Gasteiger partial charge in [-0.1, -0.05) is 31.9 Å². The Morgan fingerprint density at radius 2 is 1.77 bits per heavy atom. The summed E-state index contributed by atoms with van der Waals surface area (Å²) in [6, 6.07) is 4.32. The second-order valence-corrected chi connectivity index (χ2v) is 4.77. The van der Waals surface area contributed by atoms with Crippen LogP contribution in [0.3, 0.4) is 0 Å². The molecule has 0 unspecified atom stereocenters. The number of unbranched alkanes of at least 4 members (excludes halogenated alkanes) is 1. The van der Waals surface area contributed by atoms with Crippen molar-refractivity contribution in [3.8, 4) is 5.75 Å². The molecule has 2 atom stereocenters. The second-order valence-electron chi connectivity index (χ2n) is 4.77. The van der Waals surface area contributed by atoms with E-state index in [9.17, 15) is 22.7 Å². The van der Waals surface area contributed by atoms with E-state index < -0.39 is 24.7 Å². The van der Waals surface area contributed by atoms with Crippen LogP contribution in [0.15, 0.2) is 24.3 Å². The summed E-state index contributed by atoms with van der Waals surface area (Å²) in [6.07, 6.45) is -6.94. The summed E-state index contributed by atoms with van der Waals surface area (Å²) in [5.74, 6) is -0.390. The lowest BCUT2D eigenvalue weighted by Gasteiger charge is -2.20. The van der Waals surface area contributed by atoms with Crippen LogP contribution >= 0.6 is 12.4 Å². The molecule has 0 spiro atoms. The molecule has 1 aromatic carbocycles. The van der Waals surface area contributed by atoms with E-state index in [1.165, 1.54) is 12.1 Å². The minimum Gasteiger partial charge on any atom is -0.428 e. The molecule has 0 aliphatic heterocycles. The summed E-state index contributed by atoms with van der Waals surface area (Å²) < 4.78 is 53.4. The number of benzene rings is 1. The molecule has 0 aliphatic carbocycles. The predicted molar refractivity (Wildman–Crippen MR) is 77.7 cm³/mol. The van der Waals surface area contributed by atoms with E-state index in [0.29, 0.717) is 12.0 Å². The summed E-state index contributed by atoms with van der Waals surface area (Å²) in [5, 5.41) is 9.86. The molecule has 0 bridgehead atoms. The van der Waals surface area contributed by atoms with E-state index in [-0.39, 0.29) is 18.2 Å². The maximum absolute atomic E-state index is 12.7. The monoisotopic (exact) mass is 345 g/mol. The number of aliphatic hydroxyl groups excluding tert-OH is 1. The highest BCUT2D eigenvalue weighted by Crippen LogP contribution is 2.28. The first-order valence-corrected chi connectivity index (χ1v) is 6.66. The molecule has 0 saturated carbocycles. The first-order chi connectivity index (χ1) is 9.77. The number of rotatable bonds is 8. The van der Waals surface area contributed by atoms with Gasteiger partial charge in [0, 0.05) is 0 Å². The normalized spacial score (nSPS) is 14.4. The number of halogens is 5. The van der Waals surface area contributed by atoms with Crippen LogP contribution in [0.5, 0.6) is 5.75 Å². The van der Waals surface area contributed by atoms with Gasteiger partial charge in [-0.2, -0.15) is 17.6 Å². The van der Waals surface area contributed by atoms with Gasteiger partial charge in [-0.3, -0.25) is 0 Å². The number of aliphatic hydroxyl groups is 1. The first kappa shape index (κ1) is 20.9. The Bertz CT molecular complexity index is 431. The van der Waals surface area contributed by atoms with Crippen molar-refractivity contribution in [2.45, 2.75) is 50.9 Å². The summed E-state index contributed by atoms with van der Waals surface area (Å²) >= 11 is 0. The van der Waals surface area contributed by atoms with Crippen LogP contribution in [0.1, 0.15) is 37.8 Å². The van der Waals surface area contributed by atoms with Crippen molar-refractivity contribution >= 4 is 12.4 Å². The van der Waals surface area contributed by atoms with Gasteiger partial charge in [0.1, 0.15) is 5.75 Å². The molecule has 1 aromatic rings. The maximum atomic E-state index is 12.7. The van der Waals surface area contributed by atoms with Gasteiger partial charge in [-0.15, -0.1) is 12.4 Å². The fraction of sp³-hybridized carbons (Fsp3) is 0.571. The molecule has 0 saturated heterocycles. The molecular formula is C14H20ClF4NO2. The predicted octanol–water partition coefficient (Wildman–Crippen LogP) is 3.90. The number of ether oxygens (including phenoxy) is 1. The number of alkyl halides is 4. The Morgan fingerprint density at radius 3 is 2.23 bits per heavy atom. The molecule has 128 valence electrons. The van der Waals surface area contributed by atoms with Crippen LogP contribution in [-0.2, 0) is 0 Å². The number of nitrogens with two attached hydrogens (primary N) is 1. The molecule has 0 fully saturated rings. The summed E-state index contributed by atoms with van der Waals surface area (Å²) in [5.41, 5.74) is 6.37. The van der Waals surface area contributed by atoms with E-state index in [1.54, 1.807) is 0 Å². The molecule has 0 heterocycles. The zero-order valence-corrected chi connectivity index (χ0v) is 12.8. The topological polar surface area (TPSA) is 55.5 Å². The van der Waals surface area contributed by atoms with E-state index in [4.69, 9.17) is 5.73 Å². The van der Waals surface area contributed by atoms with Crippen molar-refractivity contribution in [1.82, 2.24) is 0 Å². The Hall–Kier alpha value is -1.05. The minimum absolute atomic E-state index is 0.